The predicted octanol–water partition coefficient (Wildman–Crippen LogP) is 7.90. The minimum atomic E-state index is -0.337. The Labute approximate surface area is 230 Å². The van der Waals surface area contributed by atoms with Crippen molar-refractivity contribution in [2.75, 3.05) is 0 Å². The number of benzene rings is 2. The molecule has 202 valence electrons. The van der Waals surface area contributed by atoms with Crippen molar-refractivity contribution in [3.8, 4) is 0 Å². The van der Waals surface area contributed by atoms with Crippen molar-refractivity contribution >= 4 is 5.91 Å². The molecule has 2 aromatic carbocycles. The average molecular weight is 525 g/mol. The molecule has 0 radical (unpaired) electrons. The van der Waals surface area contributed by atoms with Crippen LogP contribution in [0, 0.1) is 12.7 Å². The van der Waals surface area contributed by atoms with Gasteiger partial charge in [0.2, 0.25) is 0 Å². The van der Waals surface area contributed by atoms with Crippen LogP contribution in [0.3, 0.4) is 0 Å². The van der Waals surface area contributed by atoms with E-state index in [4.69, 9.17) is 4.42 Å². The second kappa shape index (κ2) is 10.4. The summed E-state index contributed by atoms with van der Waals surface area (Å²) < 4.78 is 20.6. The molecule has 1 aliphatic rings. The highest BCUT2D eigenvalue weighted by Gasteiger charge is 2.37. The molecule has 0 saturated heterocycles. The van der Waals surface area contributed by atoms with E-state index in [0.717, 1.165) is 17.7 Å². The molecule has 2 aromatic heterocycles. The van der Waals surface area contributed by atoms with Gasteiger partial charge in [-0.2, -0.15) is 0 Å². The van der Waals surface area contributed by atoms with Crippen LogP contribution in [-0.4, -0.2) is 15.8 Å². The average Bonchev–Trinajstić information content (AvgIpc) is 3.37. The third-order valence-corrected chi connectivity index (χ3v) is 8.25. The molecule has 0 bridgehead atoms. The van der Waals surface area contributed by atoms with Crippen molar-refractivity contribution in [3.05, 3.63) is 124 Å². The maximum Gasteiger partial charge on any atom is 0.290 e. The van der Waals surface area contributed by atoms with Crippen LogP contribution in [0.4, 0.5) is 4.39 Å². The van der Waals surface area contributed by atoms with Crippen molar-refractivity contribution in [2.24, 2.45) is 0 Å². The molecule has 5 heteroatoms. The molecule has 4 nitrogen and oxygen atoms in total. The van der Waals surface area contributed by atoms with E-state index in [1.165, 1.54) is 34.7 Å². The highest BCUT2D eigenvalue weighted by Crippen LogP contribution is 2.46. The number of hydrogen-bond acceptors (Lipinski definition) is 3. The van der Waals surface area contributed by atoms with Crippen LogP contribution in [0.2, 0.25) is 0 Å². The van der Waals surface area contributed by atoms with Gasteiger partial charge in [0.25, 0.3) is 5.91 Å². The number of hydrogen-bond donors (Lipinski definition) is 0. The van der Waals surface area contributed by atoms with E-state index in [1.54, 1.807) is 41.6 Å². The molecule has 0 N–H and O–H groups in total. The van der Waals surface area contributed by atoms with Crippen molar-refractivity contribution in [3.63, 3.8) is 0 Å². The van der Waals surface area contributed by atoms with Gasteiger partial charge in [0, 0.05) is 37.5 Å². The molecule has 0 unspecified atom stereocenters. The molecular formula is C34H37FN2O2. The number of halogens is 1. The fraction of sp³-hybridized carbons (Fsp3) is 0.353. The first-order chi connectivity index (χ1) is 18.5. The molecule has 39 heavy (non-hydrogen) atoms. The van der Waals surface area contributed by atoms with E-state index in [0.29, 0.717) is 18.5 Å². The number of fused-ring (bicyclic) bond motifs is 1. The van der Waals surface area contributed by atoms with Gasteiger partial charge in [-0.25, -0.2) is 4.39 Å². The summed E-state index contributed by atoms with van der Waals surface area (Å²) in [6.45, 7) is 11.9. The number of nitrogens with zero attached hydrogens (tertiary/aromatic N) is 2. The summed E-state index contributed by atoms with van der Waals surface area (Å²) in [5.41, 5.74) is 6.91. The molecule has 0 fully saturated rings. The van der Waals surface area contributed by atoms with Gasteiger partial charge >= 0.3 is 0 Å². The van der Waals surface area contributed by atoms with Crippen LogP contribution < -0.4 is 0 Å². The van der Waals surface area contributed by atoms with Gasteiger partial charge in [-0.15, -0.1) is 0 Å². The lowest BCUT2D eigenvalue weighted by Crippen LogP contribution is -2.34. The van der Waals surface area contributed by atoms with Gasteiger partial charge in [0.1, 0.15) is 11.6 Å². The number of pyridine rings is 1. The van der Waals surface area contributed by atoms with Gasteiger partial charge < -0.3 is 9.32 Å². The Balaban J connectivity index is 1.41. The van der Waals surface area contributed by atoms with Crippen LogP contribution >= 0.6 is 0 Å². The molecular weight excluding hydrogens is 487 g/mol. The number of carbonyl (C=O) groups is 1. The van der Waals surface area contributed by atoms with Crippen molar-refractivity contribution in [2.45, 2.75) is 77.8 Å². The van der Waals surface area contributed by atoms with Gasteiger partial charge in [-0.1, -0.05) is 64.1 Å². The van der Waals surface area contributed by atoms with Crippen molar-refractivity contribution in [1.29, 1.82) is 0 Å². The Morgan fingerprint density at radius 3 is 2.33 bits per heavy atom. The Morgan fingerprint density at radius 1 is 0.923 bits per heavy atom. The van der Waals surface area contributed by atoms with Gasteiger partial charge in [0.05, 0.1) is 0 Å². The molecule has 2 heterocycles. The zero-order valence-electron chi connectivity index (χ0n) is 23.6. The van der Waals surface area contributed by atoms with Gasteiger partial charge in [0.15, 0.2) is 5.76 Å². The Morgan fingerprint density at radius 2 is 1.64 bits per heavy atom. The first-order valence-corrected chi connectivity index (χ1v) is 13.7. The van der Waals surface area contributed by atoms with E-state index in [1.807, 2.05) is 18.2 Å². The van der Waals surface area contributed by atoms with E-state index >= 15 is 0 Å². The van der Waals surface area contributed by atoms with Gasteiger partial charge in [-0.05, 0) is 82.7 Å². The lowest BCUT2D eigenvalue weighted by Gasteiger charge is -2.42. The summed E-state index contributed by atoms with van der Waals surface area (Å²) in [5, 5.41) is 0. The molecule has 5 rings (SSSR count). The lowest BCUT2D eigenvalue weighted by atomic mass is 9.62. The number of carbonyl (C=O) groups excluding carboxylic acids is 1. The fourth-order valence-corrected chi connectivity index (χ4v) is 5.63. The van der Waals surface area contributed by atoms with E-state index in [2.05, 4.69) is 51.7 Å². The van der Waals surface area contributed by atoms with Crippen LogP contribution in [0.25, 0.3) is 0 Å². The monoisotopic (exact) mass is 524 g/mol. The molecule has 1 amide bonds. The second-order valence-electron chi connectivity index (χ2n) is 12.1. The summed E-state index contributed by atoms with van der Waals surface area (Å²) in [6, 6.07) is 18.6. The standard InChI is InChI=1S/C34H37FN2O2/c1-23-17-28-29(34(4,5)15-14-33(28,2)3)19-26(23)18-27-12-13-31(39-27)32(38)37(21-24-9-8-16-36-20-24)22-25-10-6-7-11-30(25)35/h6-13,16-17,19-20H,14-15,18,21-22H2,1-5H3. The maximum absolute atomic E-state index is 14.5. The molecule has 1 aliphatic carbocycles. The van der Waals surface area contributed by atoms with E-state index in [9.17, 15) is 9.18 Å². The lowest BCUT2D eigenvalue weighted by molar-refractivity contribution is 0.0694. The summed E-state index contributed by atoms with van der Waals surface area (Å²) in [5.74, 6) is 0.373. The first kappa shape index (κ1) is 26.9. The topological polar surface area (TPSA) is 46.3 Å². The Bertz CT molecular complexity index is 1490. The molecule has 0 atom stereocenters. The van der Waals surface area contributed by atoms with E-state index in [-0.39, 0.29) is 34.9 Å². The smallest absolute Gasteiger partial charge is 0.290 e. The largest absolute Gasteiger partial charge is 0.456 e. The summed E-state index contributed by atoms with van der Waals surface area (Å²) in [6.07, 6.45) is 6.35. The molecule has 0 aliphatic heterocycles. The summed E-state index contributed by atoms with van der Waals surface area (Å²) >= 11 is 0. The number of rotatable bonds is 7. The molecule has 4 aromatic rings. The predicted molar refractivity (Wildman–Crippen MR) is 152 cm³/mol. The van der Waals surface area contributed by atoms with Crippen LogP contribution in [0.15, 0.2) is 77.5 Å². The van der Waals surface area contributed by atoms with E-state index < -0.39 is 0 Å². The normalized spacial score (nSPS) is 15.5. The minimum Gasteiger partial charge on any atom is -0.456 e. The third-order valence-electron chi connectivity index (χ3n) is 8.25. The number of aromatic nitrogens is 1. The highest BCUT2D eigenvalue weighted by atomic mass is 19.1. The maximum atomic E-state index is 14.5. The number of amides is 1. The second-order valence-corrected chi connectivity index (χ2v) is 12.1. The summed E-state index contributed by atoms with van der Waals surface area (Å²) in [7, 11) is 0. The zero-order valence-corrected chi connectivity index (χ0v) is 23.6. The highest BCUT2D eigenvalue weighted by molar-refractivity contribution is 5.91. The van der Waals surface area contributed by atoms with Crippen LogP contribution in [0.5, 0.6) is 0 Å². The fourth-order valence-electron chi connectivity index (χ4n) is 5.63. The molecule has 0 spiro atoms. The van der Waals surface area contributed by atoms with Crippen molar-refractivity contribution < 1.29 is 13.6 Å². The minimum absolute atomic E-state index is 0.122. The van der Waals surface area contributed by atoms with Crippen molar-refractivity contribution in [1.82, 2.24) is 9.88 Å². The SMILES string of the molecule is Cc1cc2c(cc1Cc1ccc(C(=O)N(Cc3cccnc3)Cc3ccccc3F)o1)C(C)(C)CCC2(C)C. The van der Waals surface area contributed by atoms with Gasteiger partial charge in [-0.3, -0.25) is 9.78 Å². The quantitative estimate of drug-likeness (QED) is 0.247. The number of aryl methyl sites for hydroxylation is 1. The summed E-state index contributed by atoms with van der Waals surface area (Å²) in [4.78, 5) is 19.4. The third kappa shape index (κ3) is 5.68. The first-order valence-electron chi connectivity index (χ1n) is 13.7. The zero-order chi connectivity index (χ0) is 27.8. The molecule has 0 saturated carbocycles. The van der Waals surface area contributed by atoms with Crippen LogP contribution in [0.1, 0.15) is 90.2 Å². The Kier molecular flexibility index (Phi) is 7.19. The Hall–Kier alpha value is -3.73. The van der Waals surface area contributed by atoms with Crippen LogP contribution in [-0.2, 0) is 30.3 Å². The number of furan rings is 1.